The molecule has 3 heterocycles. The number of carbonyl (C=O) groups excluding carboxylic acids is 3. The lowest BCUT2D eigenvalue weighted by molar-refractivity contribution is -0.114. The third-order valence-corrected chi connectivity index (χ3v) is 20.0. The van der Waals surface area contributed by atoms with Gasteiger partial charge in [-0.1, -0.05) is 174 Å². The number of amides is 1. The Bertz CT molecular complexity index is 5040. The highest BCUT2D eigenvalue weighted by Gasteiger charge is 2.26. The van der Waals surface area contributed by atoms with Gasteiger partial charge in [-0.2, -0.15) is 10.3 Å². The zero-order valence-corrected chi connectivity index (χ0v) is 73.5. The number of hydrogen-bond donors (Lipinski definition) is 6. The summed E-state index contributed by atoms with van der Waals surface area (Å²) >= 11 is 75.0. The van der Waals surface area contributed by atoms with Gasteiger partial charge in [-0.25, -0.2) is 23.7 Å². The summed E-state index contributed by atoms with van der Waals surface area (Å²) in [5, 5.41) is 55.9. The second-order valence-corrected chi connectivity index (χ2v) is 29.1. The normalized spacial score (nSPS) is 10.3. The minimum atomic E-state index is -1.12. The zero-order valence-electron chi connectivity index (χ0n) is 63.7. The number of rotatable bonds is 25. The van der Waals surface area contributed by atoms with E-state index in [1.165, 1.54) is 13.8 Å². The number of nitrogens with one attached hydrogen (secondary N) is 3. The van der Waals surface area contributed by atoms with E-state index < -0.39 is 17.9 Å². The van der Waals surface area contributed by atoms with Crippen molar-refractivity contribution in [1.29, 1.82) is 0 Å². The summed E-state index contributed by atoms with van der Waals surface area (Å²) in [5.74, 6) is -1.34. The maximum absolute atomic E-state index is 12.5. The van der Waals surface area contributed by atoms with Crippen molar-refractivity contribution in [3.63, 3.8) is 0 Å². The molecule has 11 rings (SSSR count). The number of anilines is 6. The van der Waals surface area contributed by atoms with Crippen molar-refractivity contribution < 1.29 is 48.4 Å². The minimum Gasteiger partial charge on any atom is -0.497 e. The predicted molar refractivity (Wildman–Crippen MR) is 469 cm³/mol. The smallest absolute Gasteiger partial charge is 0.360 e. The van der Waals surface area contributed by atoms with E-state index in [0.29, 0.717) is 141 Å². The lowest BCUT2D eigenvalue weighted by Crippen LogP contribution is -2.26. The lowest BCUT2D eigenvalue weighted by atomic mass is 10.2. The number of aromatic nitrogens is 9. The van der Waals surface area contributed by atoms with Crippen LogP contribution in [0.15, 0.2) is 158 Å². The largest absolute Gasteiger partial charge is 0.497 e. The average Bonchev–Trinajstić information content (AvgIpc) is 1.67. The molecule has 11 aromatic rings. The van der Waals surface area contributed by atoms with Crippen LogP contribution in [0.2, 0.25) is 60.3 Å². The van der Waals surface area contributed by atoms with E-state index in [1.54, 1.807) is 109 Å². The fourth-order valence-corrected chi connectivity index (χ4v) is 11.7. The van der Waals surface area contributed by atoms with E-state index in [9.17, 15) is 29.1 Å². The first-order valence-corrected chi connectivity index (χ1v) is 39.6. The minimum absolute atomic E-state index is 0.0722. The van der Waals surface area contributed by atoms with Crippen LogP contribution in [0, 0.1) is 0 Å². The molecule has 0 saturated carbocycles. The Balaban J connectivity index is 0.000000259. The number of benzene rings is 8. The first kappa shape index (κ1) is 97.7. The molecule has 0 spiro atoms. The second kappa shape index (κ2) is 50.0. The standard InChI is InChI=1S/C22H24Cl2N4O3.C20H20Cl2N4O3.C12H12Cl2N4O2.C8H7Cl2NO.C8H9Cl2N.C6H5Cl2N.C2H3ClO/c1-4-27(16-8-11-18(23)19(24)12-16)14-20-21(22(29)31-5-2)25-26-28(20)13-15-6-9-17(30-3)10-7-15;1-3-25(14-6-9-16(21)17(22)10-14)12-18-19(20(27)28)23-24-26(18)11-13-4-7-15(29-2)8-5-13;1-2-18(7-3-4-8(13)9(14)5-7)6-10-11(12(19)20)16-17-15-10;1-5(12)11-6-2-3-7(9)8(10)4-6;1-2-11-6-3-4-7(9)8(10)5-6;7-5-2-1-4(9)3-6(5)8;1-2(3)4/h6-12H,4-5,13-14H2,1-3H3;4-10H,3,11-12H2,1-2H3,(H,27,28);3-5H,2,6H2,1H3,(H,19,20)(H,15,16,17);2-4H,1H3,(H,11,12);3-5,11H,2H2,1H3;1-3H,9H2;1H3. The van der Waals surface area contributed by atoms with E-state index >= 15 is 0 Å². The first-order chi connectivity index (χ1) is 55.2. The SMILES string of the molecule is CC(=O)Cl.CC(=O)Nc1ccc(Cl)c(Cl)c1.CCN(Cc1c(C(=O)O)nnn1Cc1ccc(OC)cc1)c1ccc(Cl)c(Cl)c1.CCN(Cc1n[nH]nc1C(=O)O)c1ccc(Cl)c(Cl)c1.CCNc1ccc(Cl)c(Cl)c1.CCOC(=O)c1nnn(Cc2ccc(OC)cc2)c1CN(CC)c1ccc(Cl)c(Cl)c1.Nc1ccc(Cl)c(Cl)c1. The highest BCUT2D eigenvalue weighted by Crippen LogP contribution is 2.33. The molecule has 0 saturated heterocycles. The Kier molecular flexibility index (Phi) is 42.1. The van der Waals surface area contributed by atoms with E-state index in [2.05, 4.69) is 63.2 Å². The molecule has 0 aliphatic rings. The lowest BCUT2D eigenvalue weighted by Gasteiger charge is -2.24. The molecule has 0 unspecified atom stereocenters. The molecule has 0 fully saturated rings. The molecule has 0 bridgehead atoms. The summed E-state index contributed by atoms with van der Waals surface area (Å²) in [6, 6.07) is 46.6. The number of carbonyl (C=O) groups is 5. The third-order valence-electron chi connectivity index (χ3n) is 15.6. The third kappa shape index (κ3) is 31.9. The van der Waals surface area contributed by atoms with Gasteiger partial charge in [-0.3, -0.25) is 9.59 Å². The number of esters is 1. The monoisotopic (exact) mass is 1840 g/mol. The highest BCUT2D eigenvalue weighted by atomic mass is 35.5. The zero-order chi connectivity index (χ0) is 85.9. The first-order valence-electron chi connectivity index (χ1n) is 34.7. The van der Waals surface area contributed by atoms with Crippen molar-refractivity contribution >= 4 is 214 Å². The number of nitrogen functional groups attached to an aromatic ring is 1. The molecule has 3 aromatic heterocycles. The van der Waals surface area contributed by atoms with Crippen molar-refractivity contribution in [3.05, 3.63) is 263 Å². The van der Waals surface area contributed by atoms with Gasteiger partial charge in [0.1, 0.15) is 17.2 Å². The number of nitrogens with zero attached hydrogens (tertiary/aromatic N) is 11. The fraction of sp³-hybridized carbons (Fsp3) is 0.244. The summed E-state index contributed by atoms with van der Waals surface area (Å²) < 4.78 is 18.9. The van der Waals surface area contributed by atoms with Crippen LogP contribution < -0.4 is 40.5 Å². The van der Waals surface area contributed by atoms with Crippen LogP contribution in [-0.4, -0.2) is 132 Å². The molecule has 0 atom stereocenters. The molecule has 25 nitrogen and oxygen atoms in total. The molecule has 0 radical (unpaired) electrons. The van der Waals surface area contributed by atoms with Crippen LogP contribution in [0.5, 0.6) is 11.5 Å². The Morgan fingerprint density at radius 3 is 1.17 bits per heavy atom. The van der Waals surface area contributed by atoms with Crippen LogP contribution in [0.1, 0.15) is 108 Å². The van der Waals surface area contributed by atoms with Crippen molar-refractivity contribution in [1.82, 2.24) is 45.4 Å². The number of nitrogens with two attached hydrogens (primary N) is 1. The number of methoxy groups -OCH3 is 2. The number of ether oxygens (including phenoxy) is 3. The Labute approximate surface area is 735 Å². The summed E-state index contributed by atoms with van der Waals surface area (Å²) in [7, 11) is 3.23. The molecule has 618 valence electrons. The van der Waals surface area contributed by atoms with Gasteiger partial charge in [-0.05, 0) is 191 Å². The number of halogens is 13. The van der Waals surface area contributed by atoms with E-state index in [4.69, 9.17) is 164 Å². The molecule has 1 amide bonds. The van der Waals surface area contributed by atoms with Crippen LogP contribution in [-0.2, 0) is 47.0 Å². The highest BCUT2D eigenvalue weighted by molar-refractivity contribution is 6.62. The van der Waals surface area contributed by atoms with Crippen LogP contribution >= 0.6 is 151 Å². The number of hydrogen-bond acceptors (Lipinski definition) is 19. The quantitative estimate of drug-likeness (QED) is 0.0176. The second-order valence-electron chi connectivity index (χ2n) is 23.7. The molecule has 0 aliphatic carbocycles. The molecule has 38 heteroatoms. The summed E-state index contributed by atoms with van der Waals surface area (Å²) in [6.45, 7) is 17.4. The van der Waals surface area contributed by atoms with Crippen molar-refractivity contribution in [2.24, 2.45) is 0 Å². The number of aromatic carboxylic acids is 2. The Morgan fingerprint density at radius 2 is 0.819 bits per heavy atom. The topological polar surface area (TPSA) is 316 Å². The average molecular weight is 1850 g/mol. The van der Waals surface area contributed by atoms with Gasteiger partial charge in [0.15, 0.2) is 17.1 Å². The van der Waals surface area contributed by atoms with Gasteiger partial charge in [0.2, 0.25) is 11.1 Å². The molecular formula is C78H80Cl13N15O10. The fourth-order valence-electron chi connectivity index (χ4n) is 9.94. The molecule has 7 N–H and O–H groups in total. The van der Waals surface area contributed by atoms with Crippen LogP contribution in [0.25, 0.3) is 0 Å². The van der Waals surface area contributed by atoms with Gasteiger partial charge in [0.05, 0.1) is 125 Å². The van der Waals surface area contributed by atoms with Crippen LogP contribution in [0.4, 0.5) is 34.1 Å². The Morgan fingerprint density at radius 1 is 0.457 bits per heavy atom. The maximum Gasteiger partial charge on any atom is 0.360 e. The predicted octanol–water partition coefficient (Wildman–Crippen LogP) is 21.8. The van der Waals surface area contributed by atoms with Crippen LogP contribution in [0.3, 0.4) is 0 Å². The van der Waals surface area contributed by atoms with E-state index in [-0.39, 0.29) is 34.8 Å². The van der Waals surface area contributed by atoms with Gasteiger partial charge in [-0.15, -0.1) is 15.3 Å². The van der Waals surface area contributed by atoms with Crippen molar-refractivity contribution in [2.75, 3.05) is 78.1 Å². The number of carboxylic acids is 2. The van der Waals surface area contributed by atoms with E-state index in [0.717, 1.165) is 51.9 Å². The van der Waals surface area contributed by atoms with Crippen molar-refractivity contribution in [2.45, 2.75) is 81.2 Å². The Hall–Kier alpha value is -8.90. The van der Waals surface area contributed by atoms with E-state index in [1.807, 2.05) is 116 Å². The number of carboxylic acid groups (broad SMARTS) is 2. The van der Waals surface area contributed by atoms with Gasteiger partial charge < -0.3 is 55.5 Å². The number of aromatic amines is 1. The molecule has 8 aromatic carbocycles. The summed E-state index contributed by atoms with van der Waals surface area (Å²) in [4.78, 5) is 61.0. The molecule has 116 heavy (non-hydrogen) atoms. The summed E-state index contributed by atoms with van der Waals surface area (Å²) in [6.07, 6.45) is 0. The summed E-state index contributed by atoms with van der Waals surface area (Å²) in [5.41, 5.74) is 13.7. The van der Waals surface area contributed by atoms with Crippen molar-refractivity contribution in [3.8, 4) is 11.5 Å². The molecular weight excluding hydrogens is 1770 g/mol. The van der Waals surface area contributed by atoms with Gasteiger partial charge >= 0.3 is 17.9 Å². The van der Waals surface area contributed by atoms with Gasteiger partial charge in [0, 0.05) is 74.2 Å². The maximum atomic E-state index is 12.5. The van der Waals surface area contributed by atoms with Gasteiger partial charge in [0.25, 0.3) is 0 Å². The number of H-pyrrole nitrogens is 1. The molecule has 0 aliphatic heterocycles.